The van der Waals surface area contributed by atoms with Gasteiger partial charge in [0.15, 0.2) is 0 Å². The molecular formula is C14H27NO4. The first-order valence-electron chi connectivity index (χ1n) is 7.18. The minimum absolute atomic E-state index is 0.320. The topological polar surface area (TPSA) is 70.8 Å². The van der Waals surface area contributed by atoms with Gasteiger partial charge in [0, 0.05) is 19.1 Å². The van der Waals surface area contributed by atoms with E-state index in [2.05, 4.69) is 0 Å². The van der Waals surface area contributed by atoms with Gasteiger partial charge in [-0.3, -0.25) is 4.79 Å². The van der Waals surface area contributed by atoms with Gasteiger partial charge in [-0.1, -0.05) is 0 Å². The number of hydrogen-bond donors (Lipinski definition) is 1. The third-order valence-corrected chi connectivity index (χ3v) is 3.35. The summed E-state index contributed by atoms with van der Waals surface area (Å²) in [5, 5.41) is 0. The molecule has 0 bridgehead atoms. The van der Waals surface area contributed by atoms with Crippen molar-refractivity contribution >= 4 is 5.97 Å². The van der Waals surface area contributed by atoms with Gasteiger partial charge in [0.05, 0.1) is 19.8 Å². The molecule has 1 heterocycles. The van der Waals surface area contributed by atoms with Crippen LogP contribution in [0.2, 0.25) is 0 Å². The Morgan fingerprint density at radius 2 is 2.26 bits per heavy atom. The van der Waals surface area contributed by atoms with E-state index in [9.17, 15) is 4.79 Å². The van der Waals surface area contributed by atoms with Crippen LogP contribution in [0.15, 0.2) is 0 Å². The maximum Gasteiger partial charge on any atom is 0.325 e. The fourth-order valence-electron chi connectivity index (χ4n) is 2.06. The molecule has 0 aromatic heterocycles. The highest BCUT2D eigenvalue weighted by atomic mass is 16.5. The average Bonchev–Trinajstić information content (AvgIpc) is 2.87. The van der Waals surface area contributed by atoms with Crippen LogP contribution < -0.4 is 5.73 Å². The predicted molar refractivity (Wildman–Crippen MR) is 72.8 cm³/mol. The molecule has 2 unspecified atom stereocenters. The van der Waals surface area contributed by atoms with Crippen LogP contribution in [-0.4, -0.2) is 44.5 Å². The molecule has 2 atom stereocenters. The van der Waals surface area contributed by atoms with Crippen molar-refractivity contribution in [2.45, 2.75) is 45.1 Å². The maximum absolute atomic E-state index is 11.6. The van der Waals surface area contributed by atoms with E-state index in [1.165, 1.54) is 0 Å². The lowest BCUT2D eigenvalue weighted by Crippen LogP contribution is -2.46. The Labute approximate surface area is 115 Å². The summed E-state index contributed by atoms with van der Waals surface area (Å²) in [4.78, 5) is 11.6. The van der Waals surface area contributed by atoms with Crippen LogP contribution in [-0.2, 0) is 19.0 Å². The monoisotopic (exact) mass is 273 g/mol. The number of esters is 1. The largest absolute Gasteiger partial charge is 0.465 e. The molecule has 0 aliphatic carbocycles. The minimum atomic E-state index is -0.880. The first-order chi connectivity index (χ1) is 9.06. The highest BCUT2D eigenvalue weighted by molar-refractivity contribution is 5.79. The Balaban J connectivity index is 2.01. The number of hydrogen-bond acceptors (Lipinski definition) is 5. The van der Waals surface area contributed by atoms with Crippen molar-refractivity contribution in [3.8, 4) is 0 Å². The number of unbranched alkanes of at least 4 members (excludes halogenated alkanes) is 1. The van der Waals surface area contributed by atoms with E-state index < -0.39 is 5.54 Å². The molecule has 0 spiro atoms. The Hall–Kier alpha value is -0.650. The predicted octanol–water partition coefficient (Wildman–Crippen LogP) is 1.49. The van der Waals surface area contributed by atoms with Crippen LogP contribution in [0.4, 0.5) is 0 Å². The van der Waals surface area contributed by atoms with Gasteiger partial charge in [-0.05, 0) is 39.5 Å². The summed E-state index contributed by atoms with van der Waals surface area (Å²) in [5.74, 6) is 0.235. The lowest BCUT2D eigenvalue weighted by atomic mass is 9.96. The lowest BCUT2D eigenvalue weighted by Gasteiger charge is -2.22. The number of carbonyl (C=O) groups excluding carboxylic acids is 1. The molecule has 112 valence electrons. The molecule has 19 heavy (non-hydrogen) atoms. The molecule has 1 fully saturated rings. The lowest BCUT2D eigenvalue weighted by molar-refractivity contribution is -0.149. The van der Waals surface area contributed by atoms with E-state index in [0.29, 0.717) is 18.9 Å². The van der Waals surface area contributed by atoms with Crippen LogP contribution in [0.25, 0.3) is 0 Å². The Kier molecular flexibility index (Phi) is 7.34. The Bertz CT molecular complexity index is 262. The first-order valence-corrected chi connectivity index (χ1v) is 7.18. The van der Waals surface area contributed by atoms with Gasteiger partial charge in [-0.2, -0.15) is 0 Å². The third-order valence-electron chi connectivity index (χ3n) is 3.35. The van der Waals surface area contributed by atoms with E-state index in [-0.39, 0.29) is 5.97 Å². The number of rotatable bonds is 9. The zero-order valence-electron chi connectivity index (χ0n) is 12.2. The quantitative estimate of drug-likeness (QED) is 0.509. The van der Waals surface area contributed by atoms with Gasteiger partial charge in [0.2, 0.25) is 0 Å². The number of carbonyl (C=O) groups is 1. The van der Waals surface area contributed by atoms with Gasteiger partial charge >= 0.3 is 5.97 Å². The summed E-state index contributed by atoms with van der Waals surface area (Å²) in [6.45, 7) is 7.06. The molecule has 0 radical (unpaired) electrons. The normalized spacial score (nSPS) is 22.2. The third kappa shape index (κ3) is 6.36. The highest BCUT2D eigenvalue weighted by Crippen LogP contribution is 2.14. The molecule has 0 aromatic rings. The zero-order valence-corrected chi connectivity index (χ0v) is 12.2. The molecule has 0 saturated carbocycles. The standard InChI is InChI=1S/C14H27NO4/c1-3-19-13(16)14(2,15)7-4-5-8-17-10-12-6-9-18-11-12/h12H,3-11,15H2,1-2H3. The van der Waals surface area contributed by atoms with Crippen LogP contribution >= 0.6 is 0 Å². The molecule has 5 nitrogen and oxygen atoms in total. The Morgan fingerprint density at radius 1 is 1.47 bits per heavy atom. The van der Waals surface area contributed by atoms with E-state index in [0.717, 1.165) is 45.7 Å². The first kappa shape index (κ1) is 16.4. The molecule has 5 heteroatoms. The van der Waals surface area contributed by atoms with Crippen molar-refractivity contribution in [1.82, 2.24) is 0 Å². The molecule has 0 amide bonds. The fourth-order valence-corrected chi connectivity index (χ4v) is 2.06. The summed E-state index contributed by atoms with van der Waals surface area (Å²) in [6.07, 6.45) is 3.51. The summed E-state index contributed by atoms with van der Waals surface area (Å²) >= 11 is 0. The Morgan fingerprint density at radius 3 is 2.89 bits per heavy atom. The van der Waals surface area contributed by atoms with Crippen LogP contribution in [0.3, 0.4) is 0 Å². The second-order valence-electron chi connectivity index (χ2n) is 5.40. The summed E-state index contributed by atoms with van der Waals surface area (Å²) in [6, 6.07) is 0. The average molecular weight is 273 g/mol. The van der Waals surface area contributed by atoms with E-state index >= 15 is 0 Å². The van der Waals surface area contributed by atoms with Gasteiger partial charge in [0.25, 0.3) is 0 Å². The molecule has 1 aliphatic heterocycles. The minimum Gasteiger partial charge on any atom is -0.465 e. The highest BCUT2D eigenvalue weighted by Gasteiger charge is 2.29. The van der Waals surface area contributed by atoms with Crippen molar-refractivity contribution < 1.29 is 19.0 Å². The summed E-state index contributed by atoms with van der Waals surface area (Å²) < 4.78 is 15.8. The van der Waals surface area contributed by atoms with Gasteiger partial charge in [-0.25, -0.2) is 0 Å². The van der Waals surface area contributed by atoms with Crippen molar-refractivity contribution in [3.63, 3.8) is 0 Å². The van der Waals surface area contributed by atoms with Crippen molar-refractivity contribution in [3.05, 3.63) is 0 Å². The fraction of sp³-hybridized carbons (Fsp3) is 0.929. The van der Waals surface area contributed by atoms with Crippen LogP contribution in [0, 0.1) is 5.92 Å². The van der Waals surface area contributed by atoms with Crippen molar-refractivity contribution in [2.24, 2.45) is 11.7 Å². The molecular weight excluding hydrogens is 246 g/mol. The molecule has 0 aromatic carbocycles. The van der Waals surface area contributed by atoms with Crippen LogP contribution in [0.1, 0.15) is 39.5 Å². The maximum atomic E-state index is 11.6. The smallest absolute Gasteiger partial charge is 0.325 e. The second kappa shape index (κ2) is 8.51. The number of ether oxygens (including phenoxy) is 3. The van der Waals surface area contributed by atoms with Crippen molar-refractivity contribution in [2.75, 3.05) is 33.0 Å². The summed E-state index contributed by atoms with van der Waals surface area (Å²) in [7, 11) is 0. The van der Waals surface area contributed by atoms with Crippen molar-refractivity contribution in [1.29, 1.82) is 0 Å². The second-order valence-corrected chi connectivity index (χ2v) is 5.40. The van der Waals surface area contributed by atoms with Gasteiger partial charge in [0.1, 0.15) is 5.54 Å². The molecule has 1 saturated heterocycles. The molecule has 2 N–H and O–H groups in total. The molecule has 1 aliphatic rings. The molecule has 1 rings (SSSR count). The zero-order chi connectivity index (χ0) is 14.1. The summed E-state index contributed by atoms with van der Waals surface area (Å²) in [5.41, 5.74) is 5.05. The van der Waals surface area contributed by atoms with E-state index in [4.69, 9.17) is 19.9 Å². The van der Waals surface area contributed by atoms with Gasteiger partial charge in [-0.15, -0.1) is 0 Å². The van der Waals surface area contributed by atoms with E-state index in [1.54, 1.807) is 13.8 Å². The van der Waals surface area contributed by atoms with Crippen LogP contribution in [0.5, 0.6) is 0 Å². The van der Waals surface area contributed by atoms with Gasteiger partial charge < -0.3 is 19.9 Å². The SMILES string of the molecule is CCOC(=O)C(C)(N)CCCCOCC1CCOC1. The number of nitrogens with two attached hydrogens (primary N) is 1. The van der Waals surface area contributed by atoms with E-state index in [1.807, 2.05) is 0 Å².